The van der Waals surface area contributed by atoms with Crippen LogP contribution in [0.2, 0.25) is 0 Å². The van der Waals surface area contributed by atoms with E-state index in [-0.39, 0.29) is 16.8 Å². The molecule has 7 nitrogen and oxygen atoms in total. The van der Waals surface area contributed by atoms with Crippen molar-refractivity contribution >= 4 is 29.6 Å². The molecule has 7 heteroatoms. The van der Waals surface area contributed by atoms with Gasteiger partial charge in [0.25, 0.3) is 0 Å². The number of benzene rings is 1. The van der Waals surface area contributed by atoms with E-state index in [9.17, 15) is 14.4 Å². The van der Waals surface area contributed by atoms with Gasteiger partial charge >= 0.3 is 11.9 Å². The molecule has 3 N–H and O–H groups in total. The van der Waals surface area contributed by atoms with Gasteiger partial charge in [0.1, 0.15) is 5.76 Å². The molecule has 0 aliphatic rings. The zero-order valence-corrected chi connectivity index (χ0v) is 11.1. The lowest BCUT2D eigenvalue weighted by Gasteiger charge is -2.05. The van der Waals surface area contributed by atoms with Gasteiger partial charge in [-0.25, -0.2) is 9.59 Å². The van der Waals surface area contributed by atoms with Crippen molar-refractivity contribution in [1.29, 1.82) is 0 Å². The van der Waals surface area contributed by atoms with E-state index >= 15 is 0 Å². The molecule has 0 saturated carbocycles. The summed E-state index contributed by atoms with van der Waals surface area (Å²) in [7, 11) is 0. The molecule has 1 amide bonds. The molecule has 0 bridgehead atoms. The highest BCUT2D eigenvalue weighted by Crippen LogP contribution is 2.16. The lowest BCUT2D eigenvalue weighted by molar-refractivity contribution is -0.111. The maximum Gasteiger partial charge on any atom is 0.335 e. The average Bonchev–Trinajstić information content (AvgIpc) is 2.98. The second kappa shape index (κ2) is 6.40. The number of furan rings is 1. The zero-order chi connectivity index (χ0) is 16.1. The van der Waals surface area contributed by atoms with Crippen LogP contribution >= 0.6 is 0 Å². The number of anilines is 1. The highest BCUT2D eigenvalue weighted by molar-refractivity contribution is 6.03. The first-order chi connectivity index (χ1) is 10.5. The Morgan fingerprint density at radius 1 is 1.05 bits per heavy atom. The highest BCUT2D eigenvalue weighted by Gasteiger charge is 2.12. The first-order valence-corrected chi connectivity index (χ1v) is 6.10. The van der Waals surface area contributed by atoms with E-state index < -0.39 is 17.8 Å². The van der Waals surface area contributed by atoms with Crippen LogP contribution in [0.5, 0.6) is 0 Å². The van der Waals surface area contributed by atoms with Gasteiger partial charge in [0.2, 0.25) is 5.91 Å². The lowest BCUT2D eigenvalue weighted by atomic mass is 10.1. The molecule has 0 aliphatic carbocycles. The summed E-state index contributed by atoms with van der Waals surface area (Å²) in [5, 5.41) is 20.3. The maximum atomic E-state index is 11.7. The summed E-state index contributed by atoms with van der Waals surface area (Å²) in [6.07, 6.45) is 4.06. The Hall–Kier alpha value is -3.35. The predicted molar refractivity (Wildman–Crippen MR) is 76.7 cm³/mol. The molecule has 0 atom stereocenters. The molecule has 0 aliphatic heterocycles. The van der Waals surface area contributed by atoms with Crippen LogP contribution in [0.3, 0.4) is 0 Å². The Morgan fingerprint density at radius 3 is 2.18 bits per heavy atom. The van der Waals surface area contributed by atoms with Crippen LogP contribution in [0.15, 0.2) is 47.1 Å². The summed E-state index contributed by atoms with van der Waals surface area (Å²) in [5.41, 5.74) is -0.387. The number of nitrogens with one attached hydrogen (secondary N) is 1. The van der Waals surface area contributed by atoms with Crippen molar-refractivity contribution < 1.29 is 29.0 Å². The Bertz CT molecular complexity index is 713. The molecule has 1 heterocycles. The quantitative estimate of drug-likeness (QED) is 0.730. The number of hydrogen-bond acceptors (Lipinski definition) is 4. The maximum absolute atomic E-state index is 11.7. The number of carboxylic acids is 2. The van der Waals surface area contributed by atoms with Gasteiger partial charge in [0.05, 0.1) is 17.4 Å². The summed E-state index contributed by atoms with van der Waals surface area (Å²) >= 11 is 0. The number of rotatable bonds is 5. The van der Waals surface area contributed by atoms with E-state index in [0.29, 0.717) is 5.76 Å². The Kier molecular flexibility index (Phi) is 4.38. The molecule has 1 aromatic carbocycles. The van der Waals surface area contributed by atoms with Crippen molar-refractivity contribution in [3.63, 3.8) is 0 Å². The Labute approximate surface area is 124 Å². The van der Waals surface area contributed by atoms with E-state index in [1.54, 1.807) is 12.1 Å². The third-order valence-electron chi connectivity index (χ3n) is 2.64. The minimum absolute atomic E-state index is 0.0754. The zero-order valence-electron chi connectivity index (χ0n) is 11.1. The third kappa shape index (κ3) is 3.83. The molecule has 112 valence electrons. The molecular formula is C15H11NO6. The molecular weight excluding hydrogens is 290 g/mol. The number of carboxylic acid groups (broad SMARTS) is 2. The second-order valence-electron chi connectivity index (χ2n) is 4.25. The SMILES string of the molecule is O=C(/C=C/c1ccco1)Nc1cc(C(=O)O)cc(C(=O)O)c1. The number of carbonyl (C=O) groups excluding carboxylic acids is 1. The summed E-state index contributed by atoms with van der Waals surface area (Å²) in [4.78, 5) is 33.7. The van der Waals surface area contributed by atoms with Crippen molar-refractivity contribution in [2.45, 2.75) is 0 Å². The molecule has 22 heavy (non-hydrogen) atoms. The van der Waals surface area contributed by atoms with Crippen molar-refractivity contribution in [2.24, 2.45) is 0 Å². The van der Waals surface area contributed by atoms with Crippen LogP contribution in [0, 0.1) is 0 Å². The standard InChI is InChI=1S/C15H11NO6/c17-13(4-3-12-2-1-5-22-12)16-11-7-9(14(18)19)6-10(8-11)15(20)21/h1-8H,(H,16,17)(H,18,19)(H,20,21)/b4-3+. The summed E-state index contributed by atoms with van der Waals surface area (Å²) in [6.45, 7) is 0. The molecule has 0 radical (unpaired) electrons. The summed E-state index contributed by atoms with van der Waals surface area (Å²) in [5.74, 6) is -2.65. The number of carbonyl (C=O) groups is 3. The number of aromatic carboxylic acids is 2. The molecule has 0 saturated heterocycles. The van der Waals surface area contributed by atoms with E-state index in [0.717, 1.165) is 6.07 Å². The van der Waals surface area contributed by atoms with Crippen LogP contribution in [-0.4, -0.2) is 28.1 Å². The number of hydrogen-bond donors (Lipinski definition) is 3. The van der Waals surface area contributed by atoms with Gasteiger partial charge in [-0.05, 0) is 36.4 Å². The minimum atomic E-state index is -1.29. The fourth-order valence-electron chi connectivity index (χ4n) is 1.67. The van der Waals surface area contributed by atoms with Crippen LogP contribution in [-0.2, 0) is 4.79 Å². The van der Waals surface area contributed by atoms with Gasteiger partial charge in [-0.3, -0.25) is 4.79 Å². The van der Waals surface area contributed by atoms with Gasteiger partial charge in [0.15, 0.2) is 0 Å². The summed E-state index contributed by atoms with van der Waals surface area (Å²) in [6, 6.07) is 6.67. The molecule has 2 rings (SSSR count). The molecule has 2 aromatic rings. The average molecular weight is 301 g/mol. The van der Waals surface area contributed by atoms with Crippen LogP contribution in [0.4, 0.5) is 5.69 Å². The topological polar surface area (TPSA) is 117 Å². The minimum Gasteiger partial charge on any atom is -0.478 e. The van der Waals surface area contributed by atoms with Crippen LogP contribution in [0.1, 0.15) is 26.5 Å². The normalized spacial score (nSPS) is 10.5. The van der Waals surface area contributed by atoms with Gasteiger partial charge < -0.3 is 19.9 Å². The van der Waals surface area contributed by atoms with Gasteiger partial charge in [-0.2, -0.15) is 0 Å². The van der Waals surface area contributed by atoms with Gasteiger partial charge in [0, 0.05) is 11.8 Å². The second-order valence-corrected chi connectivity index (χ2v) is 4.25. The van der Waals surface area contributed by atoms with E-state index in [1.807, 2.05) is 0 Å². The first-order valence-electron chi connectivity index (χ1n) is 6.10. The van der Waals surface area contributed by atoms with Crippen molar-refractivity contribution in [1.82, 2.24) is 0 Å². The fourth-order valence-corrected chi connectivity index (χ4v) is 1.67. The Morgan fingerprint density at radius 2 is 1.68 bits per heavy atom. The summed E-state index contributed by atoms with van der Waals surface area (Å²) < 4.78 is 5.01. The molecule has 0 spiro atoms. The fraction of sp³-hybridized carbons (Fsp3) is 0. The first kappa shape index (κ1) is 15.0. The van der Waals surface area contributed by atoms with E-state index in [1.165, 1.54) is 30.5 Å². The lowest BCUT2D eigenvalue weighted by Crippen LogP contribution is -2.10. The van der Waals surface area contributed by atoms with E-state index in [4.69, 9.17) is 14.6 Å². The highest BCUT2D eigenvalue weighted by atomic mass is 16.4. The molecule has 0 fully saturated rings. The van der Waals surface area contributed by atoms with Crippen molar-refractivity contribution in [3.8, 4) is 0 Å². The van der Waals surface area contributed by atoms with Crippen LogP contribution < -0.4 is 5.32 Å². The molecule has 0 unspecified atom stereocenters. The van der Waals surface area contributed by atoms with Gasteiger partial charge in [-0.1, -0.05) is 0 Å². The van der Waals surface area contributed by atoms with Gasteiger partial charge in [-0.15, -0.1) is 0 Å². The largest absolute Gasteiger partial charge is 0.478 e. The van der Waals surface area contributed by atoms with E-state index in [2.05, 4.69) is 5.32 Å². The monoisotopic (exact) mass is 301 g/mol. The number of amides is 1. The third-order valence-corrected chi connectivity index (χ3v) is 2.64. The van der Waals surface area contributed by atoms with Crippen LogP contribution in [0.25, 0.3) is 6.08 Å². The van der Waals surface area contributed by atoms with Crippen molar-refractivity contribution in [3.05, 3.63) is 59.6 Å². The molecule has 1 aromatic heterocycles. The predicted octanol–water partition coefficient (Wildman–Crippen LogP) is 2.33. The van der Waals surface area contributed by atoms with Crippen molar-refractivity contribution in [2.75, 3.05) is 5.32 Å². The smallest absolute Gasteiger partial charge is 0.335 e. The Balaban J connectivity index is 2.19.